The topological polar surface area (TPSA) is 52.6 Å². The second-order valence-corrected chi connectivity index (χ2v) is 5.26. The van der Waals surface area contributed by atoms with Gasteiger partial charge >= 0.3 is 35.6 Å². The average molecular weight is 343 g/mol. The SMILES string of the molecule is CCOC(=O)[CH-]C(=O)OCC.[CH]1[CH][CH][CH][CH]1.[Cl][Ti][Cl]. The maximum absolute atomic E-state index is 10.5. The van der Waals surface area contributed by atoms with Gasteiger partial charge in [0.25, 0.3) is 0 Å². The summed E-state index contributed by atoms with van der Waals surface area (Å²) in [6.07, 6.45) is 10.8. The van der Waals surface area contributed by atoms with Gasteiger partial charge < -0.3 is 9.47 Å². The minimum atomic E-state index is -0.661. The van der Waals surface area contributed by atoms with Crippen LogP contribution >= 0.6 is 18.6 Å². The van der Waals surface area contributed by atoms with E-state index in [1.165, 1.54) is 0 Å². The van der Waals surface area contributed by atoms with Crippen LogP contribution in [0.2, 0.25) is 0 Å². The van der Waals surface area contributed by atoms with Crippen LogP contribution in [0, 0.1) is 38.5 Å². The molecule has 0 unspecified atom stereocenters. The van der Waals surface area contributed by atoms with Gasteiger partial charge in [-0.05, 0) is 46.0 Å². The Morgan fingerprint density at radius 3 is 1.42 bits per heavy atom. The first-order chi connectivity index (χ1) is 9.12. The van der Waals surface area contributed by atoms with Crippen molar-refractivity contribution in [2.24, 2.45) is 0 Å². The molecule has 0 aromatic carbocycles. The Hall–Kier alpha value is 0.104. The molecule has 1 aliphatic rings. The number of hydrogen-bond acceptors (Lipinski definition) is 4. The molecular formula is C12H16Cl2O4Ti-. The number of rotatable bonds is 4. The molecule has 0 bridgehead atoms. The van der Waals surface area contributed by atoms with E-state index in [2.05, 4.69) is 9.47 Å². The van der Waals surface area contributed by atoms with E-state index in [1.807, 2.05) is 32.1 Å². The summed E-state index contributed by atoms with van der Waals surface area (Å²) in [6, 6.07) is 0. The molecule has 0 amide bonds. The average Bonchev–Trinajstić information content (AvgIpc) is 2.88. The molecule has 0 heterocycles. The molecule has 107 valence electrons. The summed E-state index contributed by atoms with van der Waals surface area (Å²) in [5, 5.41) is 0. The first kappa shape index (κ1) is 21.4. The van der Waals surface area contributed by atoms with Gasteiger partial charge in [0.05, 0.1) is 13.2 Å². The van der Waals surface area contributed by atoms with Crippen LogP contribution in [0.3, 0.4) is 0 Å². The number of carbonyl (C=O) groups is 2. The summed E-state index contributed by atoms with van der Waals surface area (Å²) in [5.74, 6) is -1.32. The van der Waals surface area contributed by atoms with Gasteiger partial charge in [0.2, 0.25) is 0 Å². The van der Waals surface area contributed by atoms with Crippen LogP contribution in [0.5, 0.6) is 0 Å². The number of hydrogen-bond donors (Lipinski definition) is 0. The third-order valence-corrected chi connectivity index (χ3v) is 1.36. The van der Waals surface area contributed by atoms with Crippen molar-refractivity contribution in [1.29, 1.82) is 0 Å². The van der Waals surface area contributed by atoms with Gasteiger partial charge in [0.15, 0.2) is 11.9 Å². The molecule has 1 fully saturated rings. The molecule has 0 saturated heterocycles. The van der Waals surface area contributed by atoms with Crippen LogP contribution in [-0.4, -0.2) is 25.2 Å². The van der Waals surface area contributed by atoms with Crippen LogP contribution in [0.15, 0.2) is 0 Å². The van der Waals surface area contributed by atoms with Crippen molar-refractivity contribution in [2.75, 3.05) is 13.2 Å². The summed E-state index contributed by atoms with van der Waals surface area (Å²) >= 11 is -0.556. The number of esters is 2. The Morgan fingerprint density at radius 1 is 0.947 bits per heavy atom. The molecular weight excluding hydrogens is 327 g/mol. The van der Waals surface area contributed by atoms with Gasteiger partial charge in [-0.1, -0.05) is 0 Å². The monoisotopic (exact) mass is 342 g/mol. The van der Waals surface area contributed by atoms with E-state index in [4.69, 9.17) is 18.6 Å². The molecule has 0 spiro atoms. The van der Waals surface area contributed by atoms with Crippen LogP contribution in [0.25, 0.3) is 0 Å². The third-order valence-electron chi connectivity index (χ3n) is 1.36. The molecule has 7 heteroatoms. The Morgan fingerprint density at radius 2 is 1.21 bits per heavy atom. The van der Waals surface area contributed by atoms with E-state index >= 15 is 0 Å². The number of ether oxygens (including phenoxy) is 2. The minimum absolute atomic E-state index is 0.259. The molecule has 4 nitrogen and oxygen atoms in total. The van der Waals surface area contributed by atoms with Crippen LogP contribution < -0.4 is 0 Å². The van der Waals surface area contributed by atoms with E-state index in [0.717, 1.165) is 6.42 Å². The summed E-state index contributed by atoms with van der Waals surface area (Å²) in [5.41, 5.74) is 0. The van der Waals surface area contributed by atoms with E-state index in [9.17, 15) is 9.59 Å². The van der Waals surface area contributed by atoms with Gasteiger partial charge in [0.1, 0.15) is 0 Å². The number of carbonyl (C=O) groups excluding carboxylic acids is 2. The molecule has 19 heavy (non-hydrogen) atoms. The summed E-state index contributed by atoms with van der Waals surface area (Å²) < 4.78 is 8.93. The zero-order valence-electron chi connectivity index (χ0n) is 10.8. The quantitative estimate of drug-likeness (QED) is 0.341. The van der Waals surface area contributed by atoms with Gasteiger partial charge in [-0.3, -0.25) is 9.59 Å². The molecule has 0 atom stereocenters. The van der Waals surface area contributed by atoms with Gasteiger partial charge in [-0.2, -0.15) is 6.42 Å². The predicted molar refractivity (Wildman–Crippen MR) is 70.8 cm³/mol. The normalized spacial score (nSPS) is 12.0. The summed E-state index contributed by atoms with van der Waals surface area (Å²) in [4.78, 5) is 21.1. The van der Waals surface area contributed by atoms with Crippen LogP contribution in [0.4, 0.5) is 0 Å². The van der Waals surface area contributed by atoms with Crippen molar-refractivity contribution in [3.63, 3.8) is 0 Å². The first-order valence-electron chi connectivity index (χ1n) is 5.43. The Labute approximate surface area is 132 Å². The predicted octanol–water partition coefficient (Wildman–Crippen LogP) is 2.71. The first-order valence-corrected chi connectivity index (χ1v) is 9.73. The zero-order valence-corrected chi connectivity index (χ0v) is 13.8. The van der Waals surface area contributed by atoms with Gasteiger partial charge in [0, 0.05) is 0 Å². The fraction of sp³-hybridized carbons (Fsp3) is 0.333. The molecule has 0 aliphatic heterocycles. The second kappa shape index (κ2) is 18.1. The standard InChI is InChI=1S/C7H11O4.C5H5.2ClH.Ti/c1-3-10-6(8)5-7(9)11-4-2;1-2-4-5-3-1;;;/h5H,3-4H2,1-2H3;1-5H;2*1H;/q-1;;;;+2/p-2. The van der Waals surface area contributed by atoms with Gasteiger partial charge in [-0.15, -0.1) is 0 Å². The van der Waals surface area contributed by atoms with E-state index in [1.54, 1.807) is 13.8 Å². The molecule has 1 rings (SSSR count). The van der Waals surface area contributed by atoms with Crippen molar-refractivity contribution in [3.8, 4) is 0 Å². The Balaban J connectivity index is 0. The third kappa shape index (κ3) is 20.6. The molecule has 0 aromatic heterocycles. The fourth-order valence-electron chi connectivity index (χ4n) is 0.785. The summed E-state index contributed by atoms with van der Waals surface area (Å²) in [7, 11) is 9.78. The van der Waals surface area contributed by atoms with E-state index < -0.39 is 29.0 Å². The molecule has 1 aliphatic carbocycles. The maximum atomic E-state index is 10.5. The zero-order chi connectivity index (χ0) is 14.9. The molecule has 0 aromatic rings. The fourth-order valence-corrected chi connectivity index (χ4v) is 0.785. The molecule has 1 saturated carbocycles. The van der Waals surface area contributed by atoms with Crippen molar-refractivity contribution < 1.29 is 36.1 Å². The molecule has 5 radical (unpaired) electrons. The van der Waals surface area contributed by atoms with Crippen molar-refractivity contribution >= 4 is 30.5 Å². The Bertz CT molecular complexity index is 200. The van der Waals surface area contributed by atoms with E-state index in [0.29, 0.717) is 0 Å². The molecule has 0 N–H and O–H groups in total. The summed E-state index contributed by atoms with van der Waals surface area (Å²) in [6.45, 7) is 3.84. The number of halogens is 2. The van der Waals surface area contributed by atoms with Crippen LogP contribution in [0.1, 0.15) is 13.8 Å². The Kier molecular flexibility index (Phi) is 20.4. The van der Waals surface area contributed by atoms with Crippen molar-refractivity contribution in [1.82, 2.24) is 0 Å². The second-order valence-electron chi connectivity index (χ2n) is 2.68. The van der Waals surface area contributed by atoms with Crippen molar-refractivity contribution in [2.45, 2.75) is 13.8 Å². The van der Waals surface area contributed by atoms with Crippen LogP contribution in [-0.2, 0) is 36.1 Å². The van der Waals surface area contributed by atoms with Gasteiger partial charge in [-0.25, -0.2) is 0 Å². The van der Waals surface area contributed by atoms with Crippen molar-refractivity contribution in [3.05, 3.63) is 38.5 Å². The van der Waals surface area contributed by atoms with E-state index in [-0.39, 0.29) is 13.2 Å².